The Morgan fingerprint density at radius 1 is 1.26 bits per heavy atom. The summed E-state index contributed by atoms with van der Waals surface area (Å²) in [6.45, 7) is 5.36. The highest BCUT2D eigenvalue weighted by molar-refractivity contribution is 5.93. The van der Waals surface area contributed by atoms with Crippen molar-refractivity contribution < 1.29 is 23.8 Å². The molecular weight excluding hydrogens is 403 g/mol. The van der Waals surface area contributed by atoms with Crippen LogP contribution >= 0.6 is 0 Å². The number of phenolic OH excluding ortho intramolecular Hbond substituents is 1. The van der Waals surface area contributed by atoms with Crippen molar-refractivity contribution >= 4 is 28.3 Å². The topological polar surface area (TPSA) is 120 Å². The number of methoxy groups -OCH3 is 1. The summed E-state index contributed by atoms with van der Waals surface area (Å²) in [6, 6.07) is 5.83. The number of carbonyl (C=O) groups excluding carboxylic acids is 1. The van der Waals surface area contributed by atoms with Crippen LogP contribution in [0.25, 0.3) is 10.9 Å². The Morgan fingerprint density at radius 2 is 2.00 bits per heavy atom. The predicted octanol–water partition coefficient (Wildman–Crippen LogP) is 3.82. The number of primary amides is 1. The van der Waals surface area contributed by atoms with Crippen molar-refractivity contribution in [2.45, 2.75) is 27.2 Å². The first-order chi connectivity index (χ1) is 14.6. The number of nitrogens with zero attached hydrogens (tertiary/aromatic N) is 2. The van der Waals surface area contributed by atoms with Gasteiger partial charge in [0.15, 0.2) is 11.5 Å². The number of rotatable bonds is 8. The number of phenols is 1. The average Bonchev–Trinajstić information content (AvgIpc) is 2.73. The molecule has 8 nitrogen and oxygen atoms in total. The molecule has 1 aromatic heterocycles. The molecule has 0 aliphatic carbocycles. The normalized spacial score (nSPS) is 11.4. The third kappa shape index (κ3) is 4.60. The Balaban J connectivity index is 1.94. The molecule has 0 radical (unpaired) electrons. The molecule has 0 unspecified atom stereocenters. The Hall–Kier alpha value is -3.62. The van der Waals surface area contributed by atoms with Gasteiger partial charge in [-0.05, 0) is 31.5 Å². The minimum Gasteiger partial charge on any atom is -0.508 e. The number of fused-ring (bicyclic) bond motifs is 1. The number of nitrogens with two attached hydrogens (primary N) is 1. The summed E-state index contributed by atoms with van der Waals surface area (Å²) in [7, 11) is 1.50. The second kappa shape index (κ2) is 8.63. The summed E-state index contributed by atoms with van der Waals surface area (Å²) in [5.74, 6) is 0.257. The molecular formula is C22H25FN4O4. The summed E-state index contributed by atoms with van der Waals surface area (Å²) in [6.07, 6.45) is 1.77. The quantitative estimate of drug-likeness (QED) is 0.499. The van der Waals surface area contributed by atoms with Crippen LogP contribution < -0.4 is 20.5 Å². The van der Waals surface area contributed by atoms with E-state index >= 15 is 0 Å². The number of amides is 1. The zero-order valence-electron chi connectivity index (χ0n) is 17.8. The van der Waals surface area contributed by atoms with E-state index in [9.17, 15) is 14.3 Å². The fourth-order valence-corrected chi connectivity index (χ4v) is 2.91. The van der Waals surface area contributed by atoms with E-state index in [1.807, 2.05) is 0 Å². The maximum absolute atomic E-state index is 14.3. The highest BCUT2D eigenvalue weighted by Crippen LogP contribution is 2.36. The van der Waals surface area contributed by atoms with Gasteiger partial charge in [0.05, 0.1) is 24.9 Å². The van der Waals surface area contributed by atoms with Crippen LogP contribution in [0, 0.1) is 18.2 Å². The van der Waals surface area contributed by atoms with Gasteiger partial charge >= 0.3 is 0 Å². The van der Waals surface area contributed by atoms with Crippen molar-refractivity contribution in [1.29, 1.82) is 0 Å². The van der Waals surface area contributed by atoms with E-state index in [0.29, 0.717) is 40.2 Å². The molecule has 0 atom stereocenters. The summed E-state index contributed by atoms with van der Waals surface area (Å²) >= 11 is 0. The number of anilines is 2. The van der Waals surface area contributed by atoms with E-state index in [2.05, 4.69) is 15.3 Å². The van der Waals surface area contributed by atoms with E-state index in [1.165, 1.54) is 25.6 Å². The molecule has 3 rings (SSSR count). The molecule has 0 aliphatic rings. The van der Waals surface area contributed by atoms with Crippen molar-refractivity contribution in [3.63, 3.8) is 0 Å². The third-order valence-corrected chi connectivity index (χ3v) is 5.20. The van der Waals surface area contributed by atoms with Crippen LogP contribution in [0.1, 0.15) is 25.8 Å². The van der Waals surface area contributed by atoms with Crippen LogP contribution in [0.4, 0.5) is 15.9 Å². The van der Waals surface area contributed by atoms with Gasteiger partial charge in [0.25, 0.3) is 0 Å². The lowest BCUT2D eigenvalue weighted by Crippen LogP contribution is -2.32. The average molecular weight is 428 g/mol. The van der Waals surface area contributed by atoms with Crippen molar-refractivity contribution in [2.24, 2.45) is 11.1 Å². The van der Waals surface area contributed by atoms with Crippen LogP contribution in [0.15, 0.2) is 30.6 Å². The van der Waals surface area contributed by atoms with Crippen LogP contribution in [-0.2, 0) is 4.79 Å². The second-order valence-corrected chi connectivity index (χ2v) is 7.78. The van der Waals surface area contributed by atoms with Gasteiger partial charge in [0.2, 0.25) is 5.91 Å². The number of aromatic nitrogens is 2. The molecule has 2 aromatic carbocycles. The Morgan fingerprint density at radius 3 is 2.68 bits per heavy atom. The molecule has 0 aliphatic heterocycles. The fraction of sp³-hybridized carbons (Fsp3) is 0.318. The van der Waals surface area contributed by atoms with Crippen molar-refractivity contribution in [3.05, 3.63) is 42.0 Å². The lowest BCUT2D eigenvalue weighted by molar-refractivity contribution is -0.126. The van der Waals surface area contributed by atoms with Gasteiger partial charge in [-0.3, -0.25) is 4.79 Å². The summed E-state index contributed by atoms with van der Waals surface area (Å²) < 4.78 is 25.6. The SMILES string of the molecule is COc1cc2c(Nc3c(F)ccc(O)c3C)ncnc2cc1OCCC(C)(C)C(N)=O. The molecule has 0 fully saturated rings. The lowest BCUT2D eigenvalue weighted by Gasteiger charge is -2.21. The molecule has 4 N–H and O–H groups in total. The van der Waals surface area contributed by atoms with Gasteiger partial charge < -0.3 is 25.6 Å². The van der Waals surface area contributed by atoms with E-state index in [4.69, 9.17) is 15.2 Å². The largest absolute Gasteiger partial charge is 0.508 e. The molecule has 164 valence electrons. The monoisotopic (exact) mass is 428 g/mol. The van der Waals surface area contributed by atoms with E-state index in [1.54, 1.807) is 32.9 Å². The van der Waals surface area contributed by atoms with Crippen LogP contribution in [0.5, 0.6) is 17.2 Å². The molecule has 0 spiro atoms. The van der Waals surface area contributed by atoms with E-state index < -0.39 is 17.1 Å². The van der Waals surface area contributed by atoms with Crippen molar-refractivity contribution in [1.82, 2.24) is 9.97 Å². The number of ether oxygens (including phenoxy) is 2. The van der Waals surface area contributed by atoms with Gasteiger partial charge in [-0.1, -0.05) is 13.8 Å². The third-order valence-electron chi connectivity index (χ3n) is 5.20. The molecule has 0 saturated heterocycles. The first-order valence-electron chi connectivity index (χ1n) is 9.64. The van der Waals surface area contributed by atoms with Crippen LogP contribution in [0.3, 0.4) is 0 Å². The zero-order valence-corrected chi connectivity index (χ0v) is 17.8. The van der Waals surface area contributed by atoms with E-state index in [-0.39, 0.29) is 18.0 Å². The molecule has 1 amide bonds. The van der Waals surface area contributed by atoms with E-state index in [0.717, 1.165) is 0 Å². The summed E-state index contributed by atoms with van der Waals surface area (Å²) in [5.41, 5.74) is 5.72. The Labute approximate surface area is 179 Å². The minimum atomic E-state index is -0.702. The number of halogens is 1. The first kappa shape index (κ1) is 22.1. The lowest BCUT2D eigenvalue weighted by atomic mass is 9.89. The molecule has 9 heteroatoms. The summed E-state index contributed by atoms with van der Waals surface area (Å²) in [4.78, 5) is 20.0. The Bertz CT molecular complexity index is 1130. The van der Waals surface area contributed by atoms with Gasteiger partial charge in [-0.2, -0.15) is 0 Å². The van der Waals surface area contributed by atoms with Gasteiger partial charge in [-0.15, -0.1) is 0 Å². The predicted molar refractivity (Wildman–Crippen MR) is 115 cm³/mol. The molecule has 1 heterocycles. The van der Waals surface area contributed by atoms with Crippen LogP contribution in [-0.4, -0.2) is 34.7 Å². The number of hydrogen-bond acceptors (Lipinski definition) is 7. The first-order valence-corrected chi connectivity index (χ1v) is 9.64. The van der Waals surface area contributed by atoms with Crippen molar-refractivity contribution in [3.8, 4) is 17.2 Å². The fourth-order valence-electron chi connectivity index (χ4n) is 2.91. The molecule has 31 heavy (non-hydrogen) atoms. The maximum Gasteiger partial charge on any atom is 0.223 e. The molecule has 0 bridgehead atoms. The Kier molecular flexibility index (Phi) is 6.14. The minimum absolute atomic E-state index is 0.0330. The van der Waals surface area contributed by atoms with Crippen LogP contribution in [0.2, 0.25) is 0 Å². The second-order valence-electron chi connectivity index (χ2n) is 7.78. The van der Waals surface area contributed by atoms with Gasteiger partial charge in [-0.25, -0.2) is 14.4 Å². The number of hydrogen-bond donors (Lipinski definition) is 3. The number of benzene rings is 2. The maximum atomic E-state index is 14.3. The zero-order chi connectivity index (χ0) is 22.8. The molecule has 3 aromatic rings. The van der Waals surface area contributed by atoms with Gasteiger partial charge in [0, 0.05) is 22.4 Å². The highest BCUT2D eigenvalue weighted by Gasteiger charge is 2.25. The number of nitrogens with one attached hydrogen (secondary N) is 1. The highest BCUT2D eigenvalue weighted by atomic mass is 19.1. The number of carbonyl (C=O) groups is 1. The standard InChI is InChI=1S/C22H25FN4O4/c1-12-16(28)6-5-14(23)19(12)27-20-13-9-17(30-4)18(10-15(13)25-11-26-20)31-8-7-22(2,3)21(24)29/h5-6,9-11,28H,7-8H2,1-4H3,(H2,24,29)(H,25,26,27). The van der Waals surface area contributed by atoms with Gasteiger partial charge in [0.1, 0.15) is 23.7 Å². The molecule has 0 saturated carbocycles. The van der Waals surface area contributed by atoms with Crippen molar-refractivity contribution in [2.75, 3.05) is 19.0 Å². The summed E-state index contributed by atoms with van der Waals surface area (Å²) in [5, 5.41) is 13.4. The number of aromatic hydroxyl groups is 1. The smallest absolute Gasteiger partial charge is 0.223 e.